The van der Waals surface area contributed by atoms with Crippen molar-refractivity contribution >= 4 is 17.7 Å². The maximum absolute atomic E-state index is 12.4. The van der Waals surface area contributed by atoms with E-state index in [1.54, 1.807) is 22.2 Å². The van der Waals surface area contributed by atoms with Crippen molar-refractivity contribution in [3.8, 4) is 0 Å². The Bertz CT molecular complexity index is 583. The fraction of sp³-hybridized carbons (Fsp3) is 0.632. The normalized spacial score (nSPS) is 17.9. The Morgan fingerprint density at radius 3 is 2.76 bits per heavy atom. The molecule has 6 nitrogen and oxygen atoms in total. The maximum atomic E-state index is 12.4. The highest BCUT2D eigenvalue weighted by atomic mass is 16.6. The summed E-state index contributed by atoms with van der Waals surface area (Å²) >= 11 is 0. The van der Waals surface area contributed by atoms with Crippen LogP contribution in [0.25, 0.3) is 0 Å². The molecule has 0 radical (unpaired) electrons. The number of likely N-dealkylation sites (tertiary alicyclic amines) is 1. The lowest BCUT2D eigenvalue weighted by molar-refractivity contribution is -0.118. The molecule has 2 amide bonds. The van der Waals surface area contributed by atoms with Crippen LogP contribution < -0.4 is 4.90 Å². The van der Waals surface area contributed by atoms with Gasteiger partial charge < -0.3 is 14.5 Å². The average molecular weight is 347 g/mol. The van der Waals surface area contributed by atoms with Crippen molar-refractivity contribution in [3.05, 3.63) is 24.5 Å². The summed E-state index contributed by atoms with van der Waals surface area (Å²) in [6.45, 7) is 9.39. The predicted molar refractivity (Wildman–Crippen MR) is 97.4 cm³/mol. The standard InChI is InChI=1S/C19H29N3O3/c1-5-17(23)22(16-9-6-10-20-12-16)14-15-8-7-11-21(13-15)18(24)25-19(2,3)4/h6,9-10,12,15H,5,7-8,11,13-14H2,1-4H3. The molecular formula is C19H29N3O3. The number of piperidine rings is 1. The van der Waals surface area contributed by atoms with Crippen LogP contribution in [-0.2, 0) is 9.53 Å². The molecule has 1 aliphatic heterocycles. The molecule has 1 aromatic heterocycles. The second-order valence-corrected chi connectivity index (χ2v) is 7.50. The number of anilines is 1. The Balaban J connectivity index is 2.04. The van der Waals surface area contributed by atoms with Gasteiger partial charge in [0.25, 0.3) is 0 Å². The lowest BCUT2D eigenvalue weighted by Gasteiger charge is -2.36. The third-order valence-electron chi connectivity index (χ3n) is 4.17. The first-order chi connectivity index (χ1) is 11.8. The van der Waals surface area contributed by atoms with Crippen LogP contribution in [0.15, 0.2) is 24.5 Å². The quantitative estimate of drug-likeness (QED) is 0.836. The van der Waals surface area contributed by atoms with Gasteiger partial charge in [-0.2, -0.15) is 0 Å². The summed E-state index contributed by atoms with van der Waals surface area (Å²) in [7, 11) is 0. The summed E-state index contributed by atoms with van der Waals surface area (Å²) in [5.41, 5.74) is 0.313. The van der Waals surface area contributed by atoms with Gasteiger partial charge in [-0.25, -0.2) is 4.79 Å². The number of pyridine rings is 1. The number of carbonyl (C=O) groups is 2. The molecule has 0 N–H and O–H groups in total. The van der Waals surface area contributed by atoms with Crippen molar-refractivity contribution in [1.82, 2.24) is 9.88 Å². The van der Waals surface area contributed by atoms with Gasteiger partial charge in [-0.3, -0.25) is 9.78 Å². The monoisotopic (exact) mass is 347 g/mol. The number of hydrogen-bond acceptors (Lipinski definition) is 4. The number of rotatable bonds is 4. The van der Waals surface area contributed by atoms with Gasteiger partial charge in [-0.1, -0.05) is 6.92 Å². The minimum Gasteiger partial charge on any atom is -0.444 e. The molecule has 0 saturated carbocycles. The van der Waals surface area contributed by atoms with Crippen LogP contribution in [0.3, 0.4) is 0 Å². The summed E-state index contributed by atoms with van der Waals surface area (Å²) in [5, 5.41) is 0. The first-order valence-electron chi connectivity index (χ1n) is 8.98. The molecular weight excluding hydrogens is 318 g/mol. The van der Waals surface area contributed by atoms with Crippen LogP contribution in [-0.4, -0.2) is 47.1 Å². The lowest BCUT2D eigenvalue weighted by Crippen LogP contribution is -2.46. The van der Waals surface area contributed by atoms with Crippen molar-refractivity contribution in [2.75, 3.05) is 24.5 Å². The molecule has 1 aliphatic rings. The van der Waals surface area contributed by atoms with Gasteiger partial charge in [0.1, 0.15) is 5.60 Å². The zero-order chi connectivity index (χ0) is 18.4. The van der Waals surface area contributed by atoms with E-state index in [-0.39, 0.29) is 17.9 Å². The Kier molecular flexibility index (Phi) is 6.39. The molecule has 1 aromatic rings. The zero-order valence-corrected chi connectivity index (χ0v) is 15.7. The Morgan fingerprint density at radius 1 is 1.40 bits per heavy atom. The summed E-state index contributed by atoms with van der Waals surface area (Å²) in [5.74, 6) is 0.305. The van der Waals surface area contributed by atoms with Crippen LogP contribution >= 0.6 is 0 Å². The molecule has 25 heavy (non-hydrogen) atoms. The van der Waals surface area contributed by atoms with Crippen LogP contribution in [0.4, 0.5) is 10.5 Å². The highest BCUT2D eigenvalue weighted by Gasteiger charge is 2.29. The number of ether oxygens (including phenoxy) is 1. The third-order valence-corrected chi connectivity index (χ3v) is 4.17. The molecule has 6 heteroatoms. The number of hydrogen-bond donors (Lipinski definition) is 0. The van der Waals surface area contributed by atoms with E-state index < -0.39 is 5.60 Å². The molecule has 1 atom stereocenters. The van der Waals surface area contributed by atoms with E-state index in [4.69, 9.17) is 4.74 Å². The van der Waals surface area contributed by atoms with Crippen molar-refractivity contribution in [3.63, 3.8) is 0 Å². The number of aromatic nitrogens is 1. The lowest BCUT2D eigenvalue weighted by atomic mass is 9.97. The van der Waals surface area contributed by atoms with Crippen molar-refractivity contribution < 1.29 is 14.3 Å². The van der Waals surface area contributed by atoms with Gasteiger partial charge >= 0.3 is 6.09 Å². The van der Waals surface area contributed by atoms with Gasteiger partial charge in [0, 0.05) is 32.3 Å². The molecule has 0 aromatic carbocycles. The average Bonchev–Trinajstić information content (AvgIpc) is 2.58. The summed E-state index contributed by atoms with van der Waals surface area (Å²) in [6, 6.07) is 3.73. The Hall–Kier alpha value is -2.11. The van der Waals surface area contributed by atoms with Crippen LogP contribution in [0, 0.1) is 5.92 Å². The molecule has 0 aliphatic carbocycles. The summed E-state index contributed by atoms with van der Waals surface area (Å²) in [6.07, 6.45) is 5.49. The van der Waals surface area contributed by atoms with E-state index in [0.29, 0.717) is 26.1 Å². The SMILES string of the molecule is CCC(=O)N(CC1CCCN(C(=O)OC(C)(C)C)C1)c1cccnc1. The minimum atomic E-state index is -0.496. The fourth-order valence-corrected chi connectivity index (χ4v) is 3.02. The zero-order valence-electron chi connectivity index (χ0n) is 15.7. The van der Waals surface area contributed by atoms with E-state index in [1.165, 1.54) is 0 Å². The van der Waals surface area contributed by atoms with Gasteiger partial charge in [0.15, 0.2) is 0 Å². The highest BCUT2D eigenvalue weighted by Crippen LogP contribution is 2.23. The molecule has 138 valence electrons. The van der Waals surface area contributed by atoms with Crippen molar-refractivity contribution in [1.29, 1.82) is 0 Å². The Morgan fingerprint density at radius 2 is 2.16 bits per heavy atom. The molecule has 0 spiro atoms. The van der Waals surface area contributed by atoms with Gasteiger partial charge in [-0.15, -0.1) is 0 Å². The number of carbonyl (C=O) groups excluding carboxylic acids is 2. The smallest absolute Gasteiger partial charge is 0.410 e. The van der Waals surface area contributed by atoms with E-state index in [0.717, 1.165) is 18.5 Å². The van der Waals surface area contributed by atoms with E-state index in [9.17, 15) is 9.59 Å². The first-order valence-corrected chi connectivity index (χ1v) is 8.98. The van der Waals surface area contributed by atoms with Crippen LogP contribution in [0.5, 0.6) is 0 Å². The molecule has 2 heterocycles. The molecule has 1 fully saturated rings. The van der Waals surface area contributed by atoms with Crippen LogP contribution in [0.2, 0.25) is 0 Å². The van der Waals surface area contributed by atoms with E-state index >= 15 is 0 Å². The Labute approximate surface area is 150 Å². The van der Waals surface area contributed by atoms with E-state index in [2.05, 4.69) is 4.98 Å². The second kappa shape index (κ2) is 8.32. The first kappa shape index (κ1) is 19.2. The fourth-order valence-electron chi connectivity index (χ4n) is 3.02. The van der Waals surface area contributed by atoms with E-state index in [1.807, 2.05) is 39.8 Å². The van der Waals surface area contributed by atoms with Gasteiger partial charge in [0.05, 0.1) is 11.9 Å². The minimum absolute atomic E-state index is 0.0717. The van der Waals surface area contributed by atoms with Gasteiger partial charge in [-0.05, 0) is 51.7 Å². The summed E-state index contributed by atoms with van der Waals surface area (Å²) < 4.78 is 5.48. The molecule has 1 unspecified atom stereocenters. The van der Waals surface area contributed by atoms with Crippen molar-refractivity contribution in [2.24, 2.45) is 5.92 Å². The third kappa shape index (κ3) is 5.73. The molecule has 2 rings (SSSR count). The summed E-state index contributed by atoms with van der Waals surface area (Å²) in [4.78, 5) is 32.4. The topological polar surface area (TPSA) is 62.7 Å². The largest absolute Gasteiger partial charge is 0.444 e. The molecule has 0 bridgehead atoms. The molecule has 1 saturated heterocycles. The van der Waals surface area contributed by atoms with Crippen LogP contribution in [0.1, 0.15) is 47.0 Å². The predicted octanol–water partition coefficient (Wildman–Crippen LogP) is 3.47. The number of amides is 2. The highest BCUT2D eigenvalue weighted by molar-refractivity contribution is 5.92. The van der Waals surface area contributed by atoms with Crippen molar-refractivity contribution in [2.45, 2.75) is 52.6 Å². The van der Waals surface area contributed by atoms with Gasteiger partial charge in [0.2, 0.25) is 5.91 Å². The second-order valence-electron chi connectivity index (χ2n) is 7.50. The number of nitrogens with zero attached hydrogens (tertiary/aromatic N) is 3. The maximum Gasteiger partial charge on any atom is 0.410 e.